The van der Waals surface area contributed by atoms with E-state index in [1.807, 2.05) is 30.5 Å². The molecule has 0 bridgehead atoms. The first-order valence-electron chi connectivity index (χ1n) is 9.71. The molecule has 160 valence electrons. The Morgan fingerprint density at radius 3 is 2.74 bits per heavy atom. The minimum absolute atomic E-state index is 0.298. The van der Waals surface area contributed by atoms with E-state index in [1.165, 1.54) is 6.92 Å². The number of urea groups is 1. The lowest BCUT2D eigenvalue weighted by Crippen LogP contribution is -2.44. The number of carbonyl (C=O) groups excluding carboxylic acids is 3. The zero-order chi connectivity index (χ0) is 22.2. The van der Waals surface area contributed by atoms with Crippen LogP contribution in [0.3, 0.4) is 0 Å². The van der Waals surface area contributed by atoms with Crippen LogP contribution < -0.4 is 10.6 Å². The fraction of sp³-hybridized carbons (Fsp3) is 0.227. The summed E-state index contributed by atoms with van der Waals surface area (Å²) in [5.41, 5.74) is -0.0757. The van der Waals surface area contributed by atoms with Gasteiger partial charge in [-0.15, -0.1) is 0 Å². The Bertz CT molecular complexity index is 1190. The van der Waals surface area contributed by atoms with Gasteiger partial charge in [-0.1, -0.05) is 18.2 Å². The van der Waals surface area contributed by atoms with Gasteiger partial charge in [0.25, 0.3) is 5.91 Å². The second-order valence-corrected chi connectivity index (χ2v) is 7.53. The molecule has 1 saturated heterocycles. The van der Waals surface area contributed by atoms with Gasteiger partial charge in [-0.3, -0.25) is 14.5 Å². The zero-order valence-electron chi connectivity index (χ0n) is 16.7. The van der Waals surface area contributed by atoms with Gasteiger partial charge in [0.2, 0.25) is 5.91 Å². The van der Waals surface area contributed by atoms with E-state index in [1.54, 1.807) is 0 Å². The molecule has 31 heavy (non-hydrogen) atoms. The maximum absolute atomic E-state index is 14.2. The van der Waals surface area contributed by atoms with E-state index >= 15 is 0 Å². The molecule has 1 aromatic heterocycles. The van der Waals surface area contributed by atoms with Crippen LogP contribution in [0.2, 0.25) is 0 Å². The van der Waals surface area contributed by atoms with E-state index < -0.39 is 41.6 Å². The van der Waals surface area contributed by atoms with Crippen LogP contribution in [0.1, 0.15) is 18.1 Å². The van der Waals surface area contributed by atoms with Crippen molar-refractivity contribution < 1.29 is 23.2 Å². The Labute approximate surface area is 176 Å². The number of amides is 4. The van der Waals surface area contributed by atoms with Crippen LogP contribution in [0.15, 0.2) is 48.7 Å². The zero-order valence-corrected chi connectivity index (χ0v) is 16.7. The second-order valence-electron chi connectivity index (χ2n) is 7.53. The molecule has 9 heteroatoms. The molecule has 1 atom stereocenters. The summed E-state index contributed by atoms with van der Waals surface area (Å²) in [6.07, 6.45) is 2.43. The molecule has 1 aliphatic heterocycles. The van der Waals surface area contributed by atoms with Crippen molar-refractivity contribution in [3.8, 4) is 0 Å². The molecule has 3 aromatic rings. The Morgan fingerprint density at radius 2 is 1.94 bits per heavy atom. The molecule has 2 aromatic carbocycles. The molecule has 0 saturated carbocycles. The molecule has 0 spiro atoms. The van der Waals surface area contributed by atoms with Gasteiger partial charge in [-0.25, -0.2) is 13.6 Å². The molecule has 0 radical (unpaired) electrons. The number of benzene rings is 2. The van der Waals surface area contributed by atoms with E-state index in [0.717, 1.165) is 34.7 Å². The predicted octanol–water partition coefficient (Wildman–Crippen LogP) is 2.57. The number of aromatic nitrogens is 1. The molecule has 2 heterocycles. The maximum atomic E-state index is 14.2. The Balaban J connectivity index is 1.39. The minimum atomic E-state index is -1.80. The number of halogens is 2. The summed E-state index contributed by atoms with van der Waals surface area (Å²) in [6, 6.07) is 9.59. The van der Waals surface area contributed by atoms with Gasteiger partial charge < -0.3 is 15.6 Å². The number of fused-ring (bicyclic) bond motifs is 1. The van der Waals surface area contributed by atoms with Crippen LogP contribution in [0.5, 0.6) is 0 Å². The fourth-order valence-corrected chi connectivity index (χ4v) is 3.78. The molecule has 7 nitrogen and oxygen atoms in total. The number of carbonyl (C=O) groups is 3. The van der Waals surface area contributed by atoms with Gasteiger partial charge in [0.1, 0.15) is 23.7 Å². The van der Waals surface area contributed by atoms with E-state index in [-0.39, 0.29) is 5.56 Å². The van der Waals surface area contributed by atoms with E-state index in [4.69, 9.17) is 0 Å². The minimum Gasteiger partial charge on any atom is -0.361 e. The predicted molar refractivity (Wildman–Crippen MR) is 109 cm³/mol. The van der Waals surface area contributed by atoms with Crippen molar-refractivity contribution in [2.24, 2.45) is 0 Å². The number of hydrogen-bond donors (Lipinski definition) is 3. The third kappa shape index (κ3) is 3.74. The van der Waals surface area contributed by atoms with E-state index in [0.29, 0.717) is 17.9 Å². The van der Waals surface area contributed by atoms with Crippen LogP contribution in [0, 0.1) is 11.6 Å². The lowest BCUT2D eigenvalue weighted by molar-refractivity contribution is -0.134. The van der Waals surface area contributed by atoms with Gasteiger partial charge in [0.15, 0.2) is 0 Å². The van der Waals surface area contributed by atoms with Crippen molar-refractivity contribution in [1.82, 2.24) is 20.5 Å². The van der Waals surface area contributed by atoms with Crippen molar-refractivity contribution >= 4 is 28.7 Å². The number of aromatic amines is 1. The first kappa shape index (κ1) is 20.5. The highest BCUT2D eigenvalue weighted by molar-refractivity contribution is 6.09. The van der Waals surface area contributed by atoms with Crippen LogP contribution in [-0.2, 0) is 21.5 Å². The van der Waals surface area contributed by atoms with Crippen molar-refractivity contribution in [3.05, 3.63) is 71.4 Å². The molecule has 4 rings (SSSR count). The summed E-state index contributed by atoms with van der Waals surface area (Å²) < 4.78 is 27.8. The summed E-state index contributed by atoms with van der Waals surface area (Å²) in [4.78, 5) is 41.3. The third-order valence-corrected chi connectivity index (χ3v) is 5.44. The highest BCUT2D eigenvalue weighted by Gasteiger charge is 2.50. The first-order chi connectivity index (χ1) is 14.8. The number of imide groups is 1. The summed E-state index contributed by atoms with van der Waals surface area (Å²) in [6.45, 7) is 1.06. The molecule has 1 fully saturated rings. The summed E-state index contributed by atoms with van der Waals surface area (Å²) in [5, 5.41) is 6.10. The molecule has 1 unspecified atom stereocenters. The van der Waals surface area contributed by atoms with Gasteiger partial charge in [-0.2, -0.15) is 0 Å². The molecular weight excluding hydrogens is 406 g/mol. The first-order valence-corrected chi connectivity index (χ1v) is 9.71. The number of hydrogen-bond acceptors (Lipinski definition) is 3. The van der Waals surface area contributed by atoms with Gasteiger partial charge in [0, 0.05) is 29.2 Å². The standard InChI is InChI=1S/C22H20F2N4O3/c1-22(16-10-14(23)6-7-17(16)24)20(30)28(21(31)27-22)12-19(29)25-9-8-13-11-26-18-5-3-2-4-15(13)18/h2-7,10-11,26H,8-9,12H2,1H3,(H,25,29)(H,27,31). The SMILES string of the molecule is CC1(c2cc(F)ccc2F)NC(=O)N(CC(=O)NCCc2c[nH]c3ccccc23)C1=O. The van der Waals surface area contributed by atoms with Crippen molar-refractivity contribution in [2.45, 2.75) is 18.9 Å². The second kappa shape index (κ2) is 7.82. The molecule has 4 amide bonds. The van der Waals surface area contributed by atoms with Gasteiger partial charge in [0.05, 0.1) is 0 Å². The monoisotopic (exact) mass is 426 g/mol. The fourth-order valence-electron chi connectivity index (χ4n) is 3.78. The van der Waals surface area contributed by atoms with E-state index in [9.17, 15) is 23.2 Å². The average molecular weight is 426 g/mol. The van der Waals surface area contributed by atoms with Crippen molar-refractivity contribution in [2.75, 3.05) is 13.1 Å². The maximum Gasteiger partial charge on any atom is 0.325 e. The molecule has 0 aliphatic carbocycles. The number of nitrogens with one attached hydrogen (secondary N) is 3. The highest BCUT2D eigenvalue weighted by Crippen LogP contribution is 2.31. The number of rotatable bonds is 6. The van der Waals surface area contributed by atoms with Crippen LogP contribution >= 0.6 is 0 Å². The van der Waals surface area contributed by atoms with Gasteiger partial charge in [-0.05, 0) is 43.2 Å². The lowest BCUT2D eigenvalue weighted by atomic mass is 9.91. The molecule has 1 aliphatic rings. The largest absolute Gasteiger partial charge is 0.361 e. The Morgan fingerprint density at radius 1 is 1.16 bits per heavy atom. The average Bonchev–Trinajstić information content (AvgIpc) is 3.24. The Hall–Kier alpha value is -3.75. The Kier molecular flexibility index (Phi) is 5.18. The van der Waals surface area contributed by atoms with Crippen LogP contribution in [0.25, 0.3) is 10.9 Å². The summed E-state index contributed by atoms with van der Waals surface area (Å²) in [7, 11) is 0. The number of para-hydroxylation sites is 1. The van der Waals surface area contributed by atoms with E-state index in [2.05, 4.69) is 15.6 Å². The van der Waals surface area contributed by atoms with Crippen molar-refractivity contribution in [3.63, 3.8) is 0 Å². The molecular formula is C22H20F2N4O3. The summed E-state index contributed by atoms with van der Waals surface area (Å²) >= 11 is 0. The van der Waals surface area contributed by atoms with Gasteiger partial charge >= 0.3 is 6.03 Å². The summed E-state index contributed by atoms with van der Waals surface area (Å²) in [5.74, 6) is -2.93. The highest BCUT2D eigenvalue weighted by atomic mass is 19.1. The normalized spacial score (nSPS) is 18.5. The third-order valence-electron chi connectivity index (χ3n) is 5.44. The molecule has 3 N–H and O–H groups in total. The quantitative estimate of drug-likeness (QED) is 0.529. The lowest BCUT2D eigenvalue weighted by Gasteiger charge is -2.22. The topological polar surface area (TPSA) is 94.3 Å². The van der Waals surface area contributed by atoms with Crippen LogP contribution in [0.4, 0.5) is 13.6 Å². The van der Waals surface area contributed by atoms with Crippen LogP contribution in [-0.4, -0.2) is 40.8 Å². The number of H-pyrrole nitrogens is 1. The smallest absolute Gasteiger partial charge is 0.325 e. The number of nitrogens with zero attached hydrogens (tertiary/aromatic N) is 1. The van der Waals surface area contributed by atoms with Crippen molar-refractivity contribution in [1.29, 1.82) is 0 Å².